The van der Waals surface area contributed by atoms with Crippen molar-refractivity contribution in [3.8, 4) is 0 Å². The van der Waals surface area contributed by atoms with E-state index in [4.69, 9.17) is 0 Å². The maximum absolute atomic E-state index is 12.2. The Morgan fingerprint density at radius 2 is 1.88 bits per heavy atom. The van der Waals surface area contributed by atoms with E-state index in [1.165, 1.54) is 19.3 Å². The lowest BCUT2D eigenvalue weighted by molar-refractivity contribution is -0.137. The van der Waals surface area contributed by atoms with Crippen LogP contribution < -0.4 is 5.32 Å². The van der Waals surface area contributed by atoms with Crippen LogP contribution in [-0.2, 0) is 4.79 Å². The number of likely N-dealkylation sites (tertiary alicyclic amines) is 1. The van der Waals surface area contributed by atoms with Gasteiger partial charge in [0.05, 0.1) is 0 Å². The van der Waals surface area contributed by atoms with Gasteiger partial charge < -0.3 is 10.2 Å². The first-order chi connectivity index (χ1) is 8.22. The SMILES string of the molecule is CCC(CC)C(=O)N1CCC(CCNC)CC1. The van der Waals surface area contributed by atoms with E-state index in [1.54, 1.807) is 0 Å². The molecule has 0 aliphatic carbocycles. The van der Waals surface area contributed by atoms with Gasteiger partial charge in [-0.25, -0.2) is 0 Å². The Hall–Kier alpha value is -0.570. The second-order valence-electron chi connectivity index (χ2n) is 5.17. The summed E-state index contributed by atoms with van der Waals surface area (Å²) in [7, 11) is 2.01. The molecule has 1 heterocycles. The number of nitrogens with zero attached hydrogens (tertiary/aromatic N) is 1. The minimum atomic E-state index is 0.254. The Labute approximate surface area is 106 Å². The van der Waals surface area contributed by atoms with Crippen molar-refractivity contribution in [1.29, 1.82) is 0 Å². The molecule has 1 amide bonds. The van der Waals surface area contributed by atoms with Crippen molar-refractivity contribution >= 4 is 5.91 Å². The highest BCUT2D eigenvalue weighted by molar-refractivity contribution is 5.78. The molecule has 3 heteroatoms. The average molecular weight is 240 g/mol. The van der Waals surface area contributed by atoms with E-state index in [2.05, 4.69) is 24.1 Å². The summed E-state index contributed by atoms with van der Waals surface area (Å²) < 4.78 is 0. The highest BCUT2D eigenvalue weighted by Gasteiger charge is 2.25. The Bertz CT molecular complexity index is 218. The largest absolute Gasteiger partial charge is 0.342 e. The summed E-state index contributed by atoms with van der Waals surface area (Å²) in [6.45, 7) is 7.29. The molecule has 1 fully saturated rings. The van der Waals surface area contributed by atoms with E-state index in [1.807, 2.05) is 7.05 Å². The van der Waals surface area contributed by atoms with E-state index in [0.29, 0.717) is 5.91 Å². The zero-order valence-corrected chi connectivity index (χ0v) is 11.7. The number of rotatable bonds is 6. The average Bonchev–Trinajstić information content (AvgIpc) is 2.38. The van der Waals surface area contributed by atoms with Gasteiger partial charge in [0.1, 0.15) is 0 Å². The minimum absolute atomic E-state index is 0.254. The number of carbonyl (C=O) groups excluding carboxylic acids is 1. The molecular weight excluding hydrogens is 212 g/mol. The number of hydrogen-bond donors (Lipinski definition) is 1. The smallest absolute Gasteiger partial charge is 0.225 e. The Balaban J connectivity index is 2.33. The molecule has 0 aromatic heterocycles. The predicted molar refractivity (Wildman–Crippen MR) is 71.9 cm³/mol. The summed E-state index contributed by atoms with van der Waals surface area (Å²) in [5, 5.41) is 3.20. The molecule has 1 N–H and O–H groups in total. The van der Waals surface area contributed by atoms with Gasteiger partial charge in [0.25, 0.3) is 0 Å². The molecule has 3 nitrogen and oxygen atoms in total. The molecule has 0 spiro atoms. The third kappa shape index (κ3) is 4.30. The molecule has 1 aliphatic heterocycles. The summed E-state index contributed by atoms with van der Waals surface area (Å²) in [4.78, 5) is 14.3. The van der Waals surface area contributed by atoms with Gasteiger partial charge in [-0.1, -0.05) is 13.8 Å². The first-order valence-corrected chi connectivity index (χ1v) is 7.16. The lowest BCUT2D eigenvalue weighted by atomic mass is 9.92. The highest BCUT2D eigenvalue weighted by Crippen LogP contribution is 2.22. The predicted octanol–water partition coefficient (Wildman–Crippen LogP) is 2.27. The first kappa shape index (κ1) is 14.5. The molecular formula is C14H28N2O. The van der Waals surface area contributed by atoms with Crippen molar-refractivity contribution in [2.75, 3.05) is 26.7 Å². The summed E-state index contributed by atoms with van der Waals surface area (Å²) in [5.74, 6) is 1.46. The fourth-order valence-electron chi connectivity index (χ4n) is 2.69. The topological polar surface area (TPSA) is 32.3 Å². The normalized spacial score (nSPS) is 17.8. The molecule has 0 radical (unpaired) electrons. The molecule has 0 bridgehead atoms. The van der Waals surface area contributed by atoms with Crippen molar-refractivity contribution in [2.45, 2.75) is 46.0 Å². The fraction of sp³-hybridized carbons (Fsp3) is 0.929. The standard InChI is InChI=1S/C14H28N2O/c1-4-13(5-2)14(17)16-10-7-12(8-11-16)6-9-15-3/h12-13,15H,4-11H2,1-3H3. The van der Waals surface area contributed by atoms with Gasteiger partial charge in [-0.15, -0.1) is 0 Å². The Morgan fingerprint density at radius 3 is 2.35 bits per heavy atom. The van der Waals surface area contributed by atoms with E-state index >= 15 is 0 Å². The maximum Gasteiger partial charge on any atom is 0.225 e. The number of carbonyl (C=O) groups is 1. The third-order valence-corrected chi connectivity index (χ3v) is 4.06. The Kier molecular flexibility index (Phi) is 6.56. The van der Waals surface area contributed by atoms with Crippen molar-refractivity contribution in [3.05, 3.63) is 0 Å². The second kappa shape index (κ2) is 7.70. The molecule has 17 heavy (non-hydrogen) atoms. The fourth-order valence-corrected chi connectivity index (χ4v) is 2.69. The van der Waals surface area contributed by atoms with E-state index in [-0.39, 0.29) is 5.92 Å². The van der Waals surface area contributed by atoms with Crippen molar-refractivity contribution < 1.29 is 4.79 Å². The lowest BCUT2D eigenvalue weighted by Gasteiger charge is -2.34. The molecule has 0 atom stereocenters. The van der Waals surface area contributed by atoms with Gasteiger partial charge in [0.15, 0.2) is 0 Å². The summed E-state index contributed by atoms with van der Waals surface area (Å²) in [6.07, 6.45) is 5.59. The van der Waals surface area contributed by atoms with Crippen molar-refractivity contribution in [1.82, 2.24) is 10.2 Å². The van der Waals surface area contributed by atoms with Gasteiger partial charge in [0, 0.05) is 19.0 Å². The van der Waals surface area contributed by atoms with Crippen LogP contribution in [0.15, 0.2) is 0 Å². The number of hydrogen-bond acceptors (Lipinski definition) is 2. The number of amides is 1. The van der Waals surface area contributed by atoms with Crippen LogP contribution in [0.2, 0.25) is 0 Å². The van der Waals surface area contributed by atoms with Crippen LogP contribution in [0.5, 0.6) is 0 Å². The summed E-state index contributed by atoms with van der Waals surface area (Å²) in [5.41, 5.74) is 0. The lowest BCUT2D eigenvalue weighted by Crippen LogP contribution is -2.41. The van der Waals surface area contributed by atoms with Crippen molar-refractivity contribution in [2.24, 2.45) is 11.8 Å². The van der Waals surface area contributed by atoms with Crippen LogP contribution in [-0.4, -0.2) is 37.5 Å². The molecule has 0 saturated carbocycles. The highest BCUT2D eigenvalue weighted by atomic mass is 16.2. The molecule has 0 unspecified atom stereocenters. The van der Waals surface area contributed by atoms with Crippen LogP contribution in [0.3, 0.4) is 0 Å². The van der Waals surface area contributed by atoms with Gasteiger partial charge in [-0.2, -0.15) is 0 Å². The van der Waals surface area contributed by atoms with Gasteiger partial charge >= 0.3 is 0 Å². The Morgan fingerprint density at radius 1 is 1.29 bits per heavy atom. The monoisotopic (exact) mass is 240 g/mol. The molecule has 1 aliphatic rings. The van der Waals surface area contributed by atoms with Crippen LogP contribution >= 0.6 is 0 Å². The van der Waals surface area contributed by atoms with Crippen LogP contribution in [0.1, 0.15) is 46.0 Å². The molecule has 0 aromatic carbocycles. The van der Waals surface area contributed by atoms with Crippen LogP contribution in [0.25, 0.3) is 0 Å². The minimum Gasteiger partial charge on any atom is -0.342 e. The number of nitrogens with one attached hydrogen (secondary N) is 1. The van der Waals surface area contributed by atoms with E-state index < -0.39 is 0 Å². The third-order valence-electron chi connectivity index (χ3n) is 4.06. The van der Waals surface area contributed by atoms with E-state index in [9.17, 15) is 4.79 Å². The second-order valence-corrected chi connectivity index (χ2v) is 5.17. The van der Waals surface area contributed by atoms with Crippen LogP contribution in [0, 0.1) is 11.8 Å². The summed E-state index contributed by atoms with van der Waals surface area (Å²) in [6, 6.07) is 0. The zero-order valence-electron chi connectivity index (χ0n) is 11.7. The maximum atomic E-state index is 12.2. The van der Waals surface area contributed by atoms with Gasteiger partial charge in [-0.3, -0.25) is 4.79 Å². The molecule has 1 saturated heterocycles. The molecule has 100 valence electrons. The van der Waals surface area contributed by atoms with Gasteiger partial charge in [-0.05, 0) is 51.6 Å². The quantitative estimate of drug-likeness (QED) is 0.772. The zero-order chi connectivity index (χ0) is 12.7. The van der Waals surface area contributed by atoms with E-state index in [0.717, 1.165) is 38.4 Å². The molecule has 0 aromatic rings. The number of piperidine rings is 1. The summed E-state index contributed by atoms with van der Waals surface area (Å²) >= 11 is 0. The van der Waals surface area contributed by atoms with Crippen molar-refractivity contribution in [3.63, 3.8) is 0 Å². The van der Waals surface area contributed by atoms with Gasteiger partial charge in [0.2, 0.25) is 5.91 Å². The molecule has 1 rings (SSSR count). The first-order valence-electron chi connectivity index (χ1n) is 7.16. The van der Waals surface area contributed by atoms with Crippen LogP contribution in [0.4, 0.5) is 0 Å².